The lowest BCUT2D eigenvalue weighted by atomic mass is 10.2. The smallest absolute Gasteiger partial charge is 0.321 e. The van der Waals surface area contributed by atoms with Gasteiger partial charge in [0.05, 0.1) is 21.3 Å². The van der Waals surface area contributed by atoms with Crippen molar-refractivity contribution in [1.82, 2.24) is 0 Å². The Balaban J connectivity index is 2.84. The maximum Gasteiger partial charge on any atom is 0.321 e. The van der Waals surface area contributed by atoms with Gasteiger partial charge in [0.2, 0.25) is 0 Å². The van der Waals surface area contributed by atoms with Crippen LogP contribution in [0.1, 0.15) is 5.56 Å². The van der Waals surface area contributed by atoms with Crippen LogP contribution < -0.4 is 19.9 Å². The van der Waals surface area contributed by atoms with Crippen molar-refractivity contribution in [2.75, 3.05) is 27.1 Å². The molecule has 0 amide bonds. The molecule has 3 N–H and O–H groups in total. The van der Waals surface area contributed by atoms with Gasteiger partial charge < -0.3 is 25.1 Å². The molecule has 0 bridgehead atoms. The highest BCUT2D eigenvalue weighted by Crippen LogP contribution is 2.36. The number of benzene rings is 1. The summed E-state index contributed by atoms with van der Waals surface area (Å²) in [5, 5.41) is 8.74. The van der Waals surface area contributed by atoms with E-state index in [0.29, 0.717) is 28.8 Å². The maximum absolute atomic E-state index is 10.7. The molecule has 1 aromatic carbocycles. The quantitative estimate of drug-likeness (QED) is 0.749. The van der Waals surface area contributed by atoms with Gasteiger partial charge >= 0.3 is 5.97 Å². The molecule has 1 rings (SSSR count). The summed E-state index contributed by atoms with van der Waals surface area (Å²) in [6.45, 7) is 0. The number of thioether (sulfide) groups is 1. The molecule has 7 heteroatoms. The lowest BCUT2D eigenvalue weighted by Crippen LogP contribution is -2.32. The number of carboxylic acid groups (broad SMARTS) is 1. The molecular weight excluding hydrogens is 282 g/mol. The average Bonchev–Trinajstić information content (AvgIpc) is 2.46. The van der Waals surface area contributed by atoms with Gasteiger partial charge in [0.25, 0.3) is 0 Å². The highest BCUT2D eigenvalue weighted by molar-refractivity contribution is 7.98. The Bertz CT molecular complexity index is 441. The Morgan fingerprint density at radius 2 is 1.80 bits per heavy atom. The molecule has 0 aliphatic heterocycles. The summed E-state index contributed by atoms with van der Waals surface area (Å²) in [5.74, 6) is 1.75. The van der Waals surface area contributed by atoms with Gasteiger partial charge in [-0.05, 0) is 0 Å². The van der Waals surface area contributed by atoms with Gasteiger partial charge in [-0.3, -0.25) is 4.79 Å². The Morgan fingerprint density at radius 3 is 2.20 bits per heavy atom. The van der Waals surface area contributed by atoms with Crippen molar-refractivity contribution < 1.29 is 24.1 Å². The van der Waals surface area contributed by atoms with Crippen molar-refractivity contribution in [3.63, 3.8) is 0 Å². The number of nitrogens with two attached hydrogens (primary N) is 1. The van der Waals surface area contributed by atoms with Crippen LogP contribution in [-0.2, 0) is 10.5 Å². The molecule has 0 unspecified atom stereocenters. The molecule has 20 heavy (non-hydrogen) atoms. The standard InChI is InChI=1S/C13H19NO5S/c1-17-8-4-11(18-2)9(12(5-8)19-3)6-20-7-10(14)13(15)16/h4-5,10H,6-7,14H2,1-3H3,(H,15,16)/t10-/m0/s1. The van der Waals surface area contributed by atoms with Crippen LogP contribution in [0.4, 0.5) is 0 Å². The molecule has 0 saturated heterocycles. The van der Waals surface area contributed by atoms with Crippen molar-refractivity contribution in [3.8, 4) is 17.2 Å². The third kappa shape index (κ3) is 4.21. The molecule has 0 radical (unpaired) electrons. The first-order chi connectivity index (χ1) is 9.53. The van der Waals surface area contributed by atoms with Gasteiger partial charge in [-0.25, -0.2) is 0 Å². The van der Waals surface area contributed by atoms with Gasteiger partial charge in [0.15, 0.2) is 0 Å². The first-order valence-electron chi connectivity index (χ1n) is 5.88. The number of hydrogen-bond acceptors (Lipinski definition) is 6. The lowest BCUT2D eigenvalue weighted by Gasteiger charge is -2.15. The van der Waals surface area contributed by atoms with Crippen LogP contribution in [-0.4, -0.2) is 44.2 Å². The van der Waals surface area contributed by atoms with E-state index in [1.54, 1.807) is 33.5 Å². The fourth-order valence-corrected chi connectivity index (χ4v) is 2.58. The number of rotatable bonds is 8. The summed E-state index contributed by atoms with van der Waals surface area (Å²) in [6, 6.07) is 2.64. The minimum atomic E-state index is -1.01. The summed E-state index contributed by atoms with van der Waals surface area (Å²) < 4.78 is 15.8. The molecular formula is C13H19NO5S. The molecule has 0 aromatic heterocycles. The first-order valence-corrected chi connectivity index (χ1v) is 7.04. The Morgan fingerprint density at radius 1 is 1.25 bits per heavy atom. The number of methoxy groups -OCH3 is 3. The number of hydrogen-bond donors (Lipinski definition) is 2. The van der Waals surface area contributed by atoms with Gasteiger partial charge in [-0.2, -0.15) is 11.8 Å². The third-order valence-electron chi connectivity index (χ3n) is 2.68. The van der Waals surface area contributed by atoms with Gasteiger partial charge in [0.1, 0.15) is 23.3 Å². The monoisotopic (exact) mass is 301 g/mol. The van der Waals surface area contributed by atoms with Gasteiger partial charge in [0, 0.05) is 29.2 Å². The lowest BCUT2D eigenvalue weighted by molar-refractivity contribution is -0.137. The predicted molar refractivity (Wildman–Crippen MR) is 77.9 cm³/mol. The molecule has 112 valence electrons. The fraction of sp³-hybridized carbons (Fsp3) is 0.462. The van der Waals surface area contributed by atoms with Crippen LogP contribution in [0.15, 0.2) is 12.1 Å². The average molecular weight is 301 g/mol. The number of carbonyl (C=O) groups is 1. The minimum Gasteiger partial charge on any atom is -0.496 e. The second-order valence-electron chi connectivity index (χ2n) is 3.97. The topological polar surface area (TPSA) is 91.0 Å². The number of aliphatic carboxylic acids is 1. The molecule has 0 aliphatic carbocycles. The predicted octanol–water partition coefficient (Wildman–Crippen LogP) is 1.36. The Hall–Kier alpha value is -1.60. The second-order valence-corrected chi connectivity index (χ2v) is 5.00. The van der Waals surface area contributed by atoms with Crippen molar-refractivity contribution in [1.29, 1.82) is 0 Å². The maximum atomic E-state index is 10.7. The van der Waals surface area contributed by atoms with Crippen molar-refractivity contribution in [2.45, 2.75) is 11.8 Å². The van der Waals surface area contributed by atoms with Crippen LogP contribution in [0.25, 0.3) is 0 Å². The van der Waals surface area contributed by atoms with E-state index in [1.807, 2.05) is 0 Å². The van der Waals surface area contributed by atoms with E-state index in [4.69, 9.17) is 25.1 Å². The summed E-state index contributed by atoms with van der Waals surface area (Å²) in [7, 11) is 4.69. The summed E-state index contributed by atoms with van der Waals surface area (Å²) >= 11 is 1.41. The van der Waals surface area contributed by atoms with E-state index in [2.05, 4.69) is 0 Å². The molecule has 1 aromatic rings. The Labute approximate surface area is 122 Å². The van der Waals surface area contributed by atoms with Crippen molar-refractivity contribution >= 4 is 17.7 Å². The van der Waals surface area contributed by atoms with E-state index < -0.39 is 12.0 Å². The van der Waals surface area contributed by atoms with Gasteiger partial charge in [-0.15, -0.1) is 0 Å². The van der Waals surface area contributed by atoms with E-state index in [-0.39, 0.29) is 0 Å². The molecule has 0 heterocycles. The van der Waals surface area contributed by atoms with E-state index >= 15 is 0 Å². The van der Waals surface area contributed by atoms with Gasteiger partial charge in [-0.1, -0.05) is 0 Å². The van der Waals surface area contributed by atoms with Crippen LogP contribution in [0.3, 0.4) is 0 Å². The van der Waals surface area contributed by atoms with Crippen molar-refractivity contribution in [2.24, 2.45) is 5.73 Å². The zero-order valence-electron chi connectivity index (χ0n) is 11.7. The molecule has 0 aliphatic rings. The second kappa shape index (κ2) is 7.86. The number of carboxylic acids is 1. The largest absolute Gasteiger partial charge is 0.496 e. The Kier molecular flexibility index (Phi) is 6.47. The van der Waals surface area contributed by atoms with E-state index in [9.17, 15) is 4.79 Å². The minimum absolute atomic E-state index is 0.313. The van der Waals surface area contributed by atoms with Crippen LogP contribution in [0, 0.1) is 0 Å². The molecule has 1 atom stereocenters. The van der Waals surface area contributed by atoms with Crippen LogP contribution in [0.2, 0.25) is 0 Å². The third-order valence-corrected chi connectivity index (χ3v) is 3.77. The van der Waals surface area contributed by atoms with Crippen LogP contribution >= 0.6 is 11.8 Å². The van der Waals surface area contributed by atoms with E-state index in [1.165, 1.54) is 11.8 Å². The summed E-state index contributed by atoms with van der Waals surface area (Å²) in [6.07, 6.45) is 0. The molecule has 6 nitrogen and oxygen atoms in total. The van der Waals surface area contributed by atoms with Crippen molar-refractivity contribution in [3.05, 3.63) is 17.7 Å². The summed E-state index contributed by atoms with van der Waals surface area (Å²) in [5.41, 5.74) is 6.31. The zero-order valence-corrected chi connectivity index (χ0v) is 12.5. The fourth-order valence-electron chi connectivity index (χ4n) is 1.58. The highest BCUT2D eigenvalue weighted by Gasteiger charge is 2.16. The molecule has 0 spiro atoms. The van der Waals surface area contributed by atoms with Crippen LogP contribution in [0.5, 0.6) is 17.2 Å². The SMILES string of the molecule is COc1cc(OC)c(CSC[C@H](N)C(=O)O)c(OC)c1. The zero-order chi connectivity index (χ0) is 15.1. The van der Waals surface area contributed by atoms with E-state index in [0.717, 1.165) is 5.56 Å². The molecule has 0 fully saturated rings. The summed E-state index contributed by atoms with van der Waals surface area (Å²) in [4.78, 5) is 10.7. The normalized spacial score (nSPS) is 11.8. The first kappa shape index (κ1) is 16.5. The molecule has 0 saturated carbocycles. The highest BCUT2D eigenvalue weighted by atomic mass is 32.2. The number of ether oxygens (including phenoxy) is 3.